The molecule has 2 nitrogen and oxygen atoms in total. The van der Waals surface area contributed by atoms with Gasteiger partial charge in [0.25, 0.3) is 0 Å². The average Bonchev–Trinajstić information content (AvgIpc) is 2.25. The van der Waals surface area contributed by atoms with Crippen LogP contribution in [0.15, 0.2) is 30.3 Å². The van der Waals surface area contributed by atoms with Gasteiger partial charge in [0.2, 0.25) is 0 Å². The summed E-state index contributed by atoms with van der Waals surface area (Å²) in [6, 6.07) is 9.92. The van der Waals surface area contributed by atoms with Gasteiger partial charge in [0.05, 0.1) is 6.10 Å². The molecule has 1 aromatic rings. The van der Waals surface area contributed by atoms with E-state index in [-0.39, 0.29) is 11.6 Å². The highest BCUT2D eigenvalue weighted by Gasteiger charge is 2.27. The molecule has 1 rings (SSSR count). The van der Waals surface area contributed by atoms with Crippen molar-refractivity contribution < 1.29 is 5.11 Å². The molecule has 0 heterocycles. The Bertz CT molecular complexity index is 327. The van der Waals surface area contributed by atoms with E-state index in [0.29, 0.717) is 5.92 Å². The Hall–Kier alpha value is -0.860. The lowest BCUT2D eigenvalue weighted by molar-refractivity contribution is 0.0894. The maximum absolute atomic E-state index is 10.5. The first-order chi connectivity index (χ1) is 7.81. The monoisotopic (exact) mass is 235 g/mol. The van der Waals surface area contributed by atoms with Crippen molar-refractivity contribution in [3.05, 3.63) is 35.9 Å². The minimum Gasteiger partial charge on any atom is -0.387 e. The molecule has 0 aliphatic heterocycles. The molecular formula is C15H25NO. The van der Waals surface area contributed by atoms with Gasteiger partial charge in [0.1, 0.15) is 0 Å². The van der Waals surface area contributed by atoms with Crippen LogP contribution in [0.25, 0.3) is 0 Å². The van der Waals surface area contributed by atoms with Crippen molar-refractivity contribution in [2.75, 3.05) is 0 Å². The minimum absolute atomic E-state index is 0.00466. The maximum Gasteiger partial charge on any atom is 0.0945 e. The van der Waals surface area contributed by atoms with Crippen molar-refractivity contribution >= 4 is 0 Å². The van der Waals surface area contributed by atoms with Crippen LogP contribution in [-0.2, 0) is 0 Å². The summed E-state index contributed by atoms with van der Waals surface area (Å²) in [6.45, 7) is 10.6. The van der Waals surface area contributed by atoms with Crippen molar-refractivity contribution in [3.63, 3.8) is 0 Å². The van der Waals surface area contributed by atoms with Gasteiger partial charge in [-0.1, -0.05) is 44.2 Å². The second-order valence-corrected chi connectivity index (χ2v) is 6.02. The van der Waals surface area contributed by atoms with E-state index in [4.69, 9.17) is 0 Å². The van der Waals surface area contributed by atoms with Crippen LogP contribution in [0.2, 0.25) is 0 Å². The topological polar surface area (TPSA) is 32.3 Å². The fourth-order valence-electron chi connectivity index (χ4n) is 1.97. The lowest BCUT2D eigenvalue weighted by atomic mass is 9.91. The number of hydrogen-bond donors (Lipinski definition) is 2. The highest BCUT2D eigenvalue weighted by atomic mass is 16.3. The Labute approximate surface area is 105 Å². The molecule has 2 N–H and O–H groups in total. The SMILES string of the molecule is CC(C)C(NC(C)(C)C)C(O)c1ccccc1. The third-order valence-corrected chi connectivity index (χ3v) is 2.80. The van der Waals surface area contributed by atoms with Crippen molar-refractivity contribution in [2.45, 2.75) is 52.3 Å². The first kappa shape index (κ1) is 14.2. The third kappa shape index (κ3) is 4.49. The fourth-order valence-corrected chi connectivity index (χ4v) is 1.97. The second kappa shape index (κ2) is 5.65. The number of aliphatic hydroxyl groups is 1. The van der Waals surface area contributed by atoms with Gasteiger partial charge in [-0.2, -0.15) is 0 Å². The molecule has 2 unspecified atom stereocenters. The van der Waals surface area contributed by atoms with Crippen LogP contribution < -0.4 is 5.32 Å². The maximum atomic E-state index is 10.5. The molecule has 0 saturated heterocycles. The smallest absolute Gasteiger partial charge is 0.0945 e. The Morgan fingerprint density at radius 2 is 1.59 bits per heavy atom. The molecule has 96 valence electrons. The largest absolute Gasteiger partial charge is 0.387 e. The summed E-state index contributed by atoms with van der Waals surface area (Å²) in [6.07, 6.45) is -0.463. The normalized spacial score (nSPS) is 15.9. The third-order valence-electron chi connectivity index (χ3n) is 2.80. The van der Waals surface area contributed by atoms with Crippen molar-refractivity contribution in [2.24, 2.45) is 5.92 Å². The number of benzene rings is 1. The van der Waals surface area contributed by atoms with Crippen molar-refractivity contribution in [1.29, 1.82) is 0 Å². The van der Waals surface area contributed by atoms with Gasteiger partial charge in [-0.25, -0.2) is 0 Å². The molecule has 0 spiro atoms. The zero-order chi connectivity index (χ0) is 13.1. The molecular weight excluding hydrogens is 210 g/mol. The predicted molar refractivity (Wildman–Crippen MR) is 72.9 cm³/mol. The summed E-state index contributed by atoms with van der Waals surface area (Å²) in [5.74, 6) is 0.379. The summed E-state index contributed by atoms with van der Waals surface area (Å²) in [4.78, 5) is 0. The van der Waals surface area contributed by atoms with Gasteiger partial charge < -0.3 is 10.4 Å². The highest BCUT2D eigenvalue weighted by molar-refractivity contribution is 5.19. The van der Waals surface area contributed by atoms with Crippen LogP contribution in [0.5, 0.6) is 0 Å². The Balaban J connectivity index is 2.85. The molecule has 17 heavy (non-hydrogen) atoms. The molecule has 0 fully saturated rings. The molecule has 0 radical (unpaired) electrons. The summed E-state index contributed by atoms with van der Waals surface area (Å²) in [5.41, 5.74) is 0.980. The molecule has 0 aromatic heterocycles. The molecule has 0 aliphatic carbocycles. The first-order valence-electron chi connectivity index (χ1n) is 6.32. The number of rotatable bonds is 4. The van der Waals surface area contributed by atoms with Crippen LogP contribution in [0.3, 0.4) is 0 Å². The molecule has 2 atom stereocenters. The molecule has 0 amide bonds. The Morgan fingerprint density at radius 1 is 1.06 bits per heavy atom. The molecule has 0 saturated carbocycles. The summed E-state index contributed by atoms with van der Waals surface area (Å²) >= 11 is 0. The number of nitrogens with one attached hydrogen (secondary N) is 1. The van der Waals surface area contributed by atoms with Gasteiger partial charge in [-0.3, -0.25) is 0 Å². The van der Waals surface area contributed by atoms with Crippen LogP contribution in [0.4, 0.5) is 0 Å². The lowest BCUT2D eigenvalue weighted by Gasteiger charge is -2.34. The molecule has 0 aliphatic rings. The standard InChI is InChI=1S/C15H25NO/c1-11(2)13(16-15(3,4)5)14(17)12-9-7-6-8-10-12/h6-11,13-14,16-17H,1-5H3. The van der Waals surface area contributed by atoms with Gasteiger partial charge in [-0.15, -0.1) is 0 Å². The van der Waals surface area contributed by atoms with E-state index in [0.717, 1.165) is 5.56 Å². The zero-order valence-corrected chi connectivity index (χ0v) is 11.6. The van der Waals surface area contributed by atoms with Crippen LogP contribution >= 0.6 is 0 Å². The second-order valence-electron chi connectivity index (χ2n) is 6.02. The average molecular weight is 235 g/mol. The van der Waals surface area contributed by atoms with Gasteiger partial charge >= 0.3 is 0 Å². The lowest BCUT2D eigenvalue weighted by Crippen LogP contribution is -2.49. The van der Waals surface area contributed by atoms with Crippen molar-refractivity contribution in [3.8, 4) is 0 Å². The fraction of sp³-hybridized carbons (Fsp3) is 0.600. The highest BCUT2D eigenvalue weighted by Crippen LogP contribution is 2.23. The van der Waals surface area contributed by atoms with E-state index in [1.165, 1.54) is 0 Å². The molecule has 0 bridgehead atoms. The zero-order valence-electron chi connectivity index (χ0n) is 11.6. The van der Waals surface area contributed by atoms with E-state index in [1.807, 2.05) is 30.3 Å². The van der Waals surface area contributed by atoms with Crippen LogP contribution in [-0.4, -0.2) is 16.7 Å². The number of hydrogen-bond acceptors (Lipinski definition) is 2. The quantitative estimate of drug-likeness (QED) is 0.840. The van der Waals surface area contributed by atoms with E-state index >= 15 is 0 Å². The van der Waals surface area contributed by atoms with Crippen molar-refractivity contribution in [1.82, 2.24) is 5.32 Å². The minimum atomic E-state index is -0.463. The van der Waals surface area contributed by atoms with E-state index in [1.54, 1.807) is 0 Å². The predicted octanol–water partition coefficient (Wildman–Crippen LogP) is 3.13. The number of aliphatic hydroxyl groups excluding tert-OH is 1. The van der Waals surface area contributed by atoms with Gasteiger partial charge in [-0.05, 0) is 32.3 Å². The Morgan fingerprint density at radius 3 is 2.00 bits per heavy atom. The van der Waals surface area contributed by atoms with Gasteiger partial charge in [0.15, 0.2) is 0 Å². The molecule has 1 aromatic carbocycles. The summed E-state index contributed by atoms with van der Waals surface area (Å²) in [7, 11) is 0. The first-order valence-corrected chi connectivity index (χ1v) is 6.32. The van der Waals surface area contributed by atoms with E-state index in [9.17, 15) is 5.11 Å². The van der Waals surface area contributed by atoms with Crippen LogP contribution in [0.1, 0.15) is 46.3 Å². The van der Waals surface area contributed by atoms with Crippen LogP contribution in [0, 0.1) is 5.92 Å². The molecule has 2 heteroatoms. The van der Waals surface area contributed by atoms with Gasteiger partial charge in [0, 0.05) is 11.6 Å². The summed E-state index contributed by atoms with van der Waals surface area (Å²) < 4.78 is 0. The summed E-state index contributed by atoms with van der Waals surface area (Å²) in [5, 5.41) is 14.0. The van der Waals surface area contributed by atoms with E-state index < -0.39 is 6.10 Å². The Kier molecular flexibility index (Phi) is 4.72. The van der Waals surface area contributed by atoms with E-state index in [2.05, 4.69) is 39.9 Å².